The van der Waals surface area contributed by atoms with Crippen molar-refractivity contribution >= 4 is 17.5 Å². The molecular formula is C47H55N3O12. The van der Waals surface area contributed by atoms with Crippen molar-refractivity contribution in [1.82, 2.24) is 4.90 Å². The molecule has 3 aromatic rings. The SMILES string of the molecule is C=CCOc1ccc2c(c1)C1C(CCCCO)C(CCCCO)C=C3C(=NOCC)CC(N(Cc4ccc5c(c4)OCO5)C(=O)Oc4ccc([N+](=O)[O-])cc4)C(OCC=C)(O2)C31. The molecule has 0 saturated heterocycles. The Kier molecular flexibility index (Phi) is 14.5. The molecule has 2 aliphatic carbocycles. The fourth-order valence-corrected chi connectivity index (χ4v) is 9.37. The number of allylic oxidation sites excluding steroid dienone is 1. The Morgan fingerprint density at radius 1 is 0.952 bits per heavy atom. The van der Waals surface area contributed by atoms with Crippen LogP contribution < -0.4 is 23.7 Å². The number of unbranched alkanes of at least 4 members (excludes halogenated alkanes) is 2. The Hall–Kier alpha value is -5.90. The number of hydrogen-bond donors (Lipinski definition) is 2. The van der Waals surface area contributed by atoms with Crippen molar-refractivity contribution < 1.29 is 53.2 Å². The van der Waals surface area contributed by atoms with E-state index < -0.39 is 28.8 Å². The zero-order chi connectivity index (χ0) is 43.6. The van der Waals surface area contributed by atoms with Gasteiger partial charge < -0.3 is 43.5 Å². The van der Waals surface area contributed by atoms with Gasteiger partial charge in [-0.3, -0.25) is 15.0 Å². The van der Waals surface area contributed by atoms with Crippen LogP contribution in [-0.2, 0) is 16.1 Å². The van der Waals surface area contributed by atoms with Gasteiger partial charge >= 0.3 is 6.09 Å². The molecule has 1 amide bonds. The van der Waals surface area contributed by atoms with E-state index in [2.05, 4.69) is 19.2 Å². The van der Waals surface area contributed by atoms with E-state index in [1.54, 1.807) is 23.1 Å². The lowest BCUT2D eigenvalue weighted by Gasteiger charge is -2.59. The summed E-state index contributed by atoms with van der Waals surface area (Å²) in [6.45, 7) is 10.5. The molecule has 0 spiro atoms. The number of nitro groups is 1. The van der Waals surface area contributed by atoms with Crippen molar-refractivity contribution in [3.63, 3.8) is 0 Å². The Morgan fingerprint density at radius 3 is 2.40 bits per heavy atom. The van der Waals surface area contributed by atoms with E-state index in [4.69, 9.17) is 38.4 Å². The number of non-ortho nitro benzene ring substituents is 1. The molecule has 15 nitrogen and oxygen atoms in total. The van der Waals surface area contributed by atoms with Gasteiger partial charge in [-0.05, 0) is 98.0 Å². The monoisotopic (exact) mass is 853 g/mol. The minimum absolute atomic E-state index is 0.000493. The van der Waals surface area contributed by atoms with Crippen LogP contribution in [0.1, 0.15) is 68.9 Å². The van der Waals surface area contributed by atoms with E-state index in [0.29, 0.717) is 60.3 Å². The van der Waals surface area contributed by atoms with Crippen LogP contribution in [-0.4, -0.2) is 83.5 Å². The van der Waals surface area contributed by atoms with Crippen LogP contribution in [0, 0.1) is 27.9 Å². The molecule has 1 fully saturated rings. The van der Waals surface area contributed by atoms with Gasteiger partial charge in [-0.15, -0.1) is 6.58 Å². The minimum Gasteiger partial charge on any atom is -0.490 e. The van der Waals surface area contributed by atoms with Crippen molar-refractivity contribution in [2.75, 3.05) is 39.8 Å². The molecular weight excluding hydrogens is 799 g/mol. The highest BCUT2D eigenvalue weighted by atomic mass is 16.7. The number of carbonyl (C=O) groups is 1. The fraction of sp³-hybridized carbons (Fsp3) is 0.447. The number of ether oxygens (including phenoxy) is 6. The van der Waals surface area contributed by atoms with Gasteiger partial charge in [-0.2, -0.15) is 0 Å². The van der Waals surface area contributed by atoms with E-state index in [1.807, 2.05) is 37.3 Å². The number of aliphatic hydroxyl groups excluding tert-OH is 2. The predicted octanol–water partition coefficient (Wildman–Crippen LogP) is 8.24. The van der Waals surface area contributed by atoms with Gasteiger partial charge in [0.2, 0.25) is 12.6 Å². The highest BCUT2D eigenvalue weighted by Crippen LogP contribution is 2.62. The molecule has 6 atom stereocenters. The molecule has 0 bridgehead atoms. The summed E-state index contributed by atoms with van der Waals surface area (Å²) in [5.41, 5.74) is 2.96. The van der Waals surface area contributed by atoms with Gasteiger partial charge in [0.1, 0.15) is 36.5 Å². The number of carbonyl (C=O) groups excluding carboxylic acids is 1. The summed E-state index contributed by atoms with van der Waals surface area (Å²) in [6, 6.07) is 15.6. The summed E-state index contributed by atoms with van der Waals surface area (Å²) in [7, 11) is 0. The number of nitro benzene ring substituents is 1. The highest BCUT2D eigenvalue weighted by molar-refractivity contribution is 6.03. The normalized spacial score (nSPS) is 23.6. The average Bonchev–Trinajstić information content (AvgIpc) is 3.76. The molecule has 15 heteroatoms. The molecule has 2 N–H and O–H groups in total. The number of benzene rings is 3. The van der Waals surface area contributed by atoms with Crippen molar-refractivity contribution in [1.29, 1.82) is 0 Å². The smallest absolute Gasteiger partial charge is 0.416 e. The first-order chi connectivity index (χ1) is 30.2. The summed E-state index contributed by atoms with van der Waals surface area (Å²) >= 11 is 0. The van der Waals surface area contributed by atoms with Crippen LogP contribution in [0.3, 0.4) is 0 Å². The molecule has 330 valence electrons. The molecule has 0 radical (unpaired) electrons. The lowest BCUT2D eigenvalue weighted by atomic mass is 9.55. The van der Waals surface area contributed by atoms with Crippen molar-refractivity contribution in [3.05, 3.63) is 119 Å². The number of rotatable bonds is 21. The largest absolute Gasteiger partial charge is 0.490 e. The fourth-order valence-electron chi connectivity index (χ4n) is 9.37. The molecule has 2 aliphatic heterocycles. The number of fused-ring (bicyclic) bond motifs is 3. The Morgan fingerprint density at radius 2 is 1.68 bits per heavy atom. The molecule has 3 aromatic carbocycles. The third kappa shape index (κ3) is 9.30. The predicted molar refractivity (Wildman–Crippen MR) is 230 cm³/mol. The summed E-state index contributed by atoms with van der Waals surface area (Å²) < 4.78 is 37.9. The van der Waals surface area contributed by atoms with Crippen LogP contribution in [0.5, 0.6) is 28.7 Å². The van der Waals surface area contributed by atoms with Crippen LogP contribution in [0.4, 0.5) is 10.5 Å². The van der Waals surface area contributed by atoms with Crippen LogP contribution in [0.2, 0.25) is 0 Å². The average molecular weight is 854 g/mol. The van der Waals surface area contributed by atoms with Gasteiger partial charge in [0, 0.05) is 49.8 Å². The number of nitrogens with zero attached hydrogens (tertiary/aromatic N) is 3. The second kappa shape index (κ2) is 20.3. The van der Waals surface area contributed by atoms with E-state index in [9.17, 15) is 25.1 Å². The summed E-state index contributed by atoms with van der Waals surface area (Å²) in [4.78, 5) is 33.4. The third-order valence-corrected chi connectivity index (χ3v) is 12.0. The zero-order valence-electron chi connectivity index (χ0n) is 35.0. The second-order valence-electron chi connectivity index (χ2n) is 15.7. The number of oxime groups is 1. The van der Waals surface area contributed by atoms with E-state index >= 15 is 0 Å². The number of amides is 1. The van der Waals surface area contributed by atoms with Crippen molar-refractivity contribution in [2.24, 2.45) is 22.9 Å². The van der Waals surface area contributed by atoms with Gasteiger partial charge in [0.15, 0.2) is 11.5 Å². The van der Waals surface area contributed by atoms with Gasteiger partial charge in [-0.25, -0.2) is 4.79 Å². The van der Waals surface area contributed by atoms with Crippen molar-refractivity contribution in [3.8, 4) is 28.7 Å². The molecule has 2 heterocycles. The maximum atomic E-state index is 15.0. The molecule has 6 unspecified atom stereocenters. The van der Waals surface area contributed by atoms with Gasteiger partial charge in [0.25, 0.3) is 5.69 Å². The molecule has 4 aliphatic rings. The number of hydrogen-bond acceptors (Lipinski definition) is 13. The Balaban J connectivity index is 1.44. The van der Waals surface area contributed by atoms with Crippen LogP contribution >= 0.6 is 0 Å². The van der Waals surface area contributed by atoms with E-state index in [1.165, 1.54) is 24.3 Å². The van der Waals surface area contributed by atoms with Crippen LogP contribution in [0.25, 0.3) is 0 Å². The molecule has 7 rings (SSSR count). The van der Waals surface area contributed by atoms with Gasteiger partial charge in [-0.1, -0.05) is 48.9 Å². The Bertz CT molecular complexity index is 2140. The van der Waals surface area contributed by atoms with Crippen LogP contribution in [0.15, 0.2) is 103 Å². The molecule has 62 heavy (non-hydrogen) atoms. The quantitative estimate of drug-likeness (QED) is 0.0454. The molecule has 1 saturated carbocycles. The zero-order valence-corrected chi connectivity index (χ0v) is 35.0. The first-order valence-corrected chi connectivity index (χ1v) is 21.3. The van der Waals surface area contributed by atoms with Gasteiger partial charge in [0.05, 0.1) is 23.2 Å². The summed E-state index contributed by atoms with van der Waals surface area (Å²) in [6.07, 6.45) is 9.35. The maximum Gasteiger partial charge on any atom is 0.416 e. The van der Waals surface area contributed by atoms with E-state index in [-0.39, 0.29) is 68.8 Å². The lowest BCUT2D eigenvalue weighted by Crippen LogP contribution is -2.70. The maximum absolute atomic E-state index is 15.0. The third-order valence-electron chi connectivity index (χ3n) is 12.0. The first kappa shape index (κ1) is 44.2. The molecule has 0 aromatic heterocycles. The number of aliphatic hydroxyl groups is 2. The summed E-state index contributed by atoms with van der Waals surface area (Å²) in [5, 5.41) is 36.0. The topological polar surface area (TPSA) is 181 Å². The standard InChI is InChI=1S/C47H55N3O12/c1-4-23-56-35-18-20-40-38(27-35)44-36(12-8-10-22-52)32(11-7-9-21-51)26-37-39(48-60-6-3)28-43(47(62-40,45(37)44)59-24-5-2)49(29-31-13-19-41-42(25-31)58-30-57-41)46(53)61-34-16-14-33(15-17-34)50(54)55/h4-5,13-20,25-27,32,36,43-45,51-52H,1-2,6-12,21-24,28-30H2,3H3. The first-order valence-electron chi connectivity index (χ1n) is 21.3. The lowest BCUT2D eigenvalue weighted by molar-refractivity contribution is -0.384. The minimum atomic E-state index is -1.57. The van der Waals surface area contributed by atoms with Crippen molar-refractivity contribution in [2.45, 2.75) is 76.2 Å². The highest BCUT2D eigenvalue weighted by Gasteiger charge is 2.65. The summed E-state index contributed by atoms with van der Waals surface area (Å²) in [5.74, 6) is 0.0325. The van der Waals surface area contributed by atoms with E-state index in [0.717, 1.165) is 36.8 Å². The second-order valence-corrected chi connectivity index (χ2v) is 15.7. The Labute approximate surface area is 361 Å².